The molecule has 1 rings (SSSR count). The van der Waals surface area contributed by atoms with Crippen molar-refractivity contribution in [3.8, 4) is 0 Å². The first-order valence-corrected chi connectivity index (χ1v) is 7.40. The molecule has 3 N–H and O–H groups in total. The van der Waals surface area contributed by atoms with E-state index >= 15 is 0 Å². The van der Waals surface area contributed by atoms with Crippen molar-refractivity contribution in [2.24, 2.45) is 0 Å². The molecule has 1 aromatic rings. The number of esters is 1. The van der Waals surface area contributed by atoms with E-state index in [-0.39, 0.29) is 25.8 Å². The van der Waals surface area contributed by atoms with Crippen LogP contribution in [0.5, 0.6) is 0 Å². The number of hydrogen-bond donors (Lipinski definition) is 3. The molecule has 0 unspecified atom stereocenters. The molecule has 132 valence electrons. The number of carbonyl (C=O) groups excluding carboxylic acids is 1. The highest BCUT2D eigenvalue weighted by molar-refractivity contribution is 5.89. The van der Waals surface area contributed by atoms with Crippen molar-refractivity contribution >= 4 is 11.7 Å². The fraction of sp³-hybridized carbons (Fsp3) is 0.562. The first-order valence-electron chi connectivity index (χ1n) is 7.40. The second-order valence-corrected chi connectivity index (χ2v) is 4.95. The van der Waals surface area contributed by atoms with E-state index in [1.54, 1.807) is 17.0 Å². The minimum Gasteiger partial charge on any atom is -0.465 e. The van der Waals surface area contributed by atoms with Gasteiger partial charge in [-0.15, -0.1) is 0 Å². The molecule has 7 nitrogen and oxygen atoms in total. The SMILES string of the molecule is COC(=O)c1ccc(N(C)C)cc1.OCCN(CCO)CCO. The Morgan fingerprint density at radius 3 is 1.70 bits per heavy atom. The smallest absolute Gasteiger partial charge is 0.337 e. The summed E-state index contributed by atoms with van der Waals surface area (Å²) in [5, 5.41) is 25.5. The van der Waals surface area contributed by atoms with Crippen LogP contribution in [0.25, 0.3) is 0 Å². The highest BCUT2D eigenvalue weighted by Gasteiger charge is 2.04. The Kier molecular flexibility index (Phi) is 11.9. The molecule has 0 bridgehead atoms. The maximum Gasteiger partial charge on any atom is 0.337 e. The third-order valence-corrected chi connectivity index (χ3v) is 3.05. The lowest BCUT2D eigenvalue weighted by Crippen LogP contribution is -2.32. The molecule has 0 radical (unpaired) electrons. The molecule has 0 saturated heterocycles. The summed E-state index contributed by atoms with van der Waals surface area (Å²) in [4.78, 5) is 14.8. The van der Waals surface area contributed by atoms with Gasteiger partial charge in [-0.05, 0) is 24.3 Å². The minimum atomic E-state index is -0.301. The summed E-state index contributed by atoms with van der Waals surface area (Å²) in [5.41, 5.74) is 1.64. The van der Waals surface area contributed by atoms with Crippen LogP contribution in [-0.2, 0) is 4.74 Å². The molecule has 0 aliphatic carbocycles. The van der Waals surface area contributed by atoms with E-state index in [2.05, 4.69) is 4.74 Å². The number of anilines is 1. The summed E-state index contributed by atoms with van der Waals surface area (Å²) >= 11 is 0. The molecule has 7 heteroatoms. The number of ether oxygens (including phenoxy) is 1. The normalized spacial score (nSPS) is 10.0. The van der Waals surface area contributed by atoms with Crippen molar-refractivity contribution in [2.45, 2.75) is 0 Å². The maximum atomic E-state index is 11.1. The molecule has 0 atom stereocenters. The number of methoxy groups -OCH3 is 1. The highest BCUT2D eigenvalue weighted by Crippen LogP contribution is 2.12. The Morgan fingerprint density at radius 2 is 1.39 bits per heavy atom. The lowest BCUT2D eigenvalue weighted by atomic mass is 10.2. The fourth-order valence-electron chi connectivity index (χ4n) is 1.77. The minimum absolute atomic E-state index is 0.0694. The maximum absolute atomic E-state index is 11.1. The van der Waals surface area contributed by atoms with Crippen LogP contribution >= 0.6 is 0 Å². The average molecular weight is 328 g/mol. The van der Waals surface area contributed by atoms with Gasteiger partial charge in [0.1, 0.15) is 0 Å². The van der Waals surface area contributed by atoms with E-state index in [4.69, 9.17) is 15.3 Å². The van der Waals surface area contributed by atoms with Gasteiger partial charge in [-0.25, -0.2) is 4.79 Å². The predicted octanol–water partition coefficient (Wildman–Crippen LogP) is -0.195. The number of aliphatic hydroxyl groups excluding tert-OH is 3. The van der Waals surface area contributed by atoms with Gasteiger partial charge < -0.3 is 25.0 Å². The number of rotatable bonds is 8. The number of hydrogen-bond acceptors (Lipinski definition) is 7. The zero-order valence-corrected chi connectivity index (χ0v) is 14.1. The molecule has 0 amide bonds. The zero-order chi connectivity index (χ0) is 17.7. The van der Waals surface area contributed by atoms with E-state index in [1.807, 2.05) is 31.1 Å². The van der Waals surface area contributed by atoms with Crippen molar-refractivity contribution in [3.63, 3.8) is 0 Å². The van der Waals surface area contributed by atoms with Crippen LogP contribution in [0.4, 0.5) is 5.69 Å². The Hall–Kier alpha value is -1.67. The van der Waals surface area contributed by atoms with Crippen molar-refractivity contribution < 1.29 is 24.9 Å². The van der Waals surface area contributed by atoms with Crippen LogP contribution in [0, 0.1) is 0 Å². The van der Waals surface area contributed by atoms with Gasteiger partial charge in [0.25, 0.3) is 0 Å². The van der Waals surface area contributed by atoms with Gasteiger partial charge in [0.2, 0.25) is 0 Å². The summed E-state index contributed by atoms with van der Waals surface area (Å²) < 4.78 is 4.58. The Balaban J connectivity index is 0.000000438. The van der Waals surface area contributed by atoms with Gasteiger partial charge in [-0.3, -0.25) is 4.90 Å². The fourth-order valence-corrected chi connectivity index (χ4v) is 1.77. The van der Waals surface area contributed by atoms with E-state index in [9.17, 15) is 4.79 Å². The summed E-state index contributed by atoms with van der Waals surface area (Å²) in [6.45, 7) is 1.75. The van der Waals surface area contributed by atoms with Crippen LogP contribution in [-0.4, -0.2) is 86.8 Å². The van der Waals surface area contributed by atoms with Crippen LogP contribution in [0.3, 0.4) is 0 Å². The lowest BCUT2D eigenvalue weighted by molar-refractivity contribution is 0.0600. The molecule has 1 aromatic carbocycles. The van der Waals surface area contributed by atoms with Crippen molar-refractivity contribution in [2.75, 3.05) is 65.6 Å². The number of benzene rings is 1. The topological polar surface area (TPSA) is 93.5 Å². The molecule has 0 aliphatic heterocycles. The van der Waals surface area contributed by atoms with Crippen molar-refractivity contribution in [1.29, 1.82) is 0 Å². The van der Waals surface area contributed by atoms with Gasteiger partial charge in [-0.2, -0.15) is 0 Å². The summed E-state index contributed by atoms with van der Waals surface area (Å²) in [6, 6.07) is 7.26. The van der Waals surface area contributed by atoms with Crippen LogP contribution < -0.4 is 4.90 Å². The molecule has 0 spiro atoms. The van der Waals surface area contributed by atoms with Gasteiger partial charge in [0.15, 0.2) is 0 Å². The molecular formula is C16H28N2O5. The molecule has 0 saturated carbocycles. The number of nitrogens with zero attached hydrogens (tertiary/aromatic N) is 2. The van der Waals surface area contributed by atoms with E-state index in [0.29, 0.717) is 25.2 Å². The largest absolute Gasteiger partial charge is 0.465 e. The highest BCUT2D eigenvalue weighted by atomic mass is 16.5. The predicted molar refractivity (Wildman–Crippen MR) is 89.8 cm³/mol. The van der Waals surface area contributed by atoms with Gasteiger partial charge >= 0.3 is 5.97 Å². The first-order chi connectivity index (χ1) is 11.0. The quantitative estimate of drug-likeness (QED) is 0.569. The Bertz CT molecular complexity index is 409. The first kappa shape index (κ1) is 21.3. The summed E-state index contributed by atoms with van der Waals surface area (Å²) in [7, 11) is 5.28. The van der Waals surface area contributed by atoms with Gasteiger partial charge in [-0.1, -0.05) is 0 Å². The molecule has 0 aromatic heterocycles. The Labute approximate surface area is 137 Å². The third-order valence-electron chi connectivity index (χ3n) is 3.05. The molecular weight excluding hydrogens is 300 g/mol. The van der Waals surface area contributed by atoms with E-state index < -0.39 is 0 Å². The van der Waals surface area contributed by atoms with Crippen molar-refractivity contribution in [1.82, 2.24) is 4.90 Å². The van der Waals surface area contributed by atoms with Gasteiger partial charge in [0, 0.05) is 39.4 Å². The van der Waals surface area contributed by atoms with E-state index in [0.717, 1.165) is 5.69 Å². The zero-order valence-electron chi connectivity index (χ0n) is 14.1. The summed E-state index contributed by atoms with van der Waals surface area (Å²) in [5.74, 6) is -0.301. The third kappa shape index (κ3) is 9.14. The summed E-state index contributed by atoms with van der Waals surface area (Å²) in [6.07, 6.45) is 0. The van der Waals surface area contributed by atoms with Crippen LogP contribution in [0.2, 0.25) is 0 Å². The number of aliphatic hydroxyl groups is 3. The standard InChI is InChI=1S/C10H13NO2.C6H15NO3/c1-11(2)9-6-4-8(5-7-9)10(12)13-3;8-4-1-7(2-5-9)3-6-10/h4-7H,1-3H3;8-10H,1-6H2. The molecule has 23 heavy (non-hydrogen) atoms. The second kappa shape index (κ2) is 12.8. The lowest BCUT2D eigenvalue weighted by Gasteiger charge is -2.17. The van der Waals surface area contributed by atoms with Crippen LogP contribution in [0.1, 0.15) is 10.4 Å². The second-order valence-electron chi connectivity index (χ2n) is 4.95. The van der Waals surface area contributed by atoms with Crippen LogP contribution in [0.15, 0.2) is 24.3 Å². The molecule has 0 aliphatic rings. The Morgan fingerprint density at radius 1 is 0.957 bits per heavy atom. The average Bonchev–Trinajstić information content (AvgIpc) is 2.55. The molecule has 0 fully saturated rings. The van der Waals surface area contributed by atoms with E-state index in [1.165, 1.54) is 7.11 Å². The molecule has 0 heterocycles. The number of carbonyl (C=O) groups is 1. The van der Waals surface area contributed by atoms with Crippen molar-refractivity contribution in [3.05, 3.63) is 29.8 Å². The monoisotopic (exact) mass is 328 g/mol. The van der Waals surface area contributed by atoms with Gasteiger partial charge in [0.05, 0.1) is 32.5 Å².